The molecule has 3 atom stereocenters. The molecule has 0 saturated carbocycles. The molecule has 2 aromatic carbocycles. The molecule has 3 unspecified atom stereocenters. The van der Waals surface area contributed by atoms with Crippen LogP contribution in [-0.4, -0.2) is 72.9 Å². The molecule has 0 radical (unpaired) electrons. The Balaban J connectivity index is 1.36. The maximum Gasteiger partial charge on any atom is 0.573 e. The van der Waals surface area contributed by atoms with Crippen LogP contribution in [0.1, 0.15) is 31.7 Å². The Labute approximate surface area is 204 Å². The van der Waals surface area contributed by atoms with Gasteiger partial charge in [0, 0.05) is 37.7 Å². The molecule has 4 rings (SSSR count). The highest BCUT2D eigenvalue weighted by atomic mass is 19.4. The van der Waals surface area contributed by atoms with E-state index in [0.29, 0.717) is 25.1 Å². The van der Waals surface area contributed by atoms with Crippen molar-refractivity contribution >= 4 is 0 Å². The van der Waals surface area contributed by atoms with Crippen LogP contribution in [0.4, 0.5) is 13.2 Å². The number of ether oxygens (including phenoxy) is 3. The van der Waals surface area contributed by atoms with E-state index in [1.165, 1.54) is 12.1 Å². The second-order valence-electron chi connectivity index (χ2n) is 9.42. The molecule has 6 nitrogen and oxygen atoms in total. The third kappa shape index (κ3) is 6.59. The SMILES string of the molecule is CC(C)C(O)C(CCN1CCN(C2COc3ccccc3O2)CC1)c1ccccc1OC(F)(F)F. The third-order valence-corrected chi connectivity index (χ3v) is 6.70. The number of aliphatic hydroxyl groups is 1. The predicted molar refractivity (Wildman–Crippen MR) is 126 cm³/mol. The van der Waals surface area contributed by atoms with Gasteiger partial charge >= 0.3 is 6.36 Å². The molecule has 0 aromatic heterocycles. The number of rotatable bonds is 8. The number of fused-ring (bicyclic) bond motifs is 1. The summed E-state index contributed by atoms with van der Waals surface area (Å²) < 4.78 is 55.2. The summed E-state index contributed by atoms with van der Waals surface area (Å²) in [6.07, 6.45) is -5.20. The Morgan fingerprint density at radius 2 is 1.66 bits per heavy atom. The van der Waals surface area contributed by atoms with Crippen molar-refractivity contribution < 1.29 is 32.5 Å². The normalized spacial score (nSPS) is 21.1. The molecule has 0 amide bonds. The Morgan fingerprint density at radius 3 is 2.34 bits per heavy atom. The summed E-state index contributed by atoms with van der Waals surface area (Å²) in [7, 11) is 0. The molecular formula is C26H33F3N2O4. The number of aliphatic hydroxyl groups excluding tert-OH is 1. The number of benzene rings is 2. The highest BCUT2D eigenvalue weighted by Crippen LogP contribution is 2.37. The van der Waals surface area contributed by atoms with Crippen LogP contribution < -0.4 is 14.2 Å². The van der Waals surface area contributed by atoms with E-state index in [4.69, 9.17) is 9.47 Å². The first kappa shape index (κ1) is 25.6. The summed E-state index contributed by atoms with van der Waals surface area (Å²) in [6.45, 7) is 8.05. The van der Waals surface area contributed by atoms with Gasteiger partial charge in [0.2, 0.25) is 0 Å². The first-order chi connectivity index (χ1) is 16.7. The number of nitrogens with zero attached hydrogens (tertiary/aromatic N) is 2. The first-order valence-electron chi connectivity index (χ1n) is 12.1. The lowest BCUT2D eigenvalue weighted by Gasteiger charge is -2.41. The van der Waals surface area contributed by atoms with E-state index >= 15 is 0 Å². The summed E-state index contributed by atoms with van der Waals surface area (Å²) in [4.78, 5) is 4.53. The Morgan fingerprint density at radius 1 is 1.00 bits per heavy atom. The molecule has 1 N–H and O–H groups in total. The van der Waals surface area contributed by atoms with Crippen molar-refractivity contribution in [1.29, 1.82) is 0 Å². The van der Waals surface area contributed by atoms with E-state index < -0.39 is 18.4 Å². The minimum atomic E-state index is -4.79. The van der Waals surface area contributed by atoms with Crippen LogP contribution in [-0.2, 0) is 0 Å². The minimum Gasteiger partial charge on any atom is -0.484 e. The van der Waals surface area contributed by atoms with Crippen molar-refractivity contribution in [3.8, 4) is 17.2 Å². The van der Waals surface area contributed by atoms with Crippen LogP contribution in [0.25, 0.3) is 0 Å². The van der Waals surface area contributed by atoms with Gasteiger partial charge in [0.15, 0.2) is 17.7 Å². The van der Waals surface area contributed by atoms with Gasteiger partial charge in [-0.25, -0.2) is 0 Å². The molecule has 1 fully saturated rings. The fourth-order valence-electron chi connectivity index (χ4n) is 4.76. The van der Waals surface area contributed by atoms with Crippen molar-refractivity contribution in [1.82, 2.24) is 9.80 Å². The lowest BCUT2D eigenvalue weighted by molar-refractivity contribution is -0.275. The Bertz CT molecular complexity index is 964. The van der Waals surface area contributed by atoms with Gasteiger partial charge < -0.3 is 24.2 Å². The van der Waals surface area contributed by atoms with E-state index in [2.05, 4.69) is 14.5 Å². The van der Waals surface area contributed by atoms with E-state index in [1.807, 2.05) is 38.1 Å². The predicted octanol–water partition coefficient (Wildman–Crippen LogP) is 4.49. The summed E-state index contributed by atoms with van der Waals surface area (Å²) in [6, 6.07) is 13.8. The van der Waals surface area contributed by atoms with Crippen molar-refractivity contribution in [3.05, 3.63) is 54.1 Å². The maximum atomic E-state index is 13.0. The topological polar surface area (TPSA) is 54.4 Å². The monoisotopic (exact) mass is 494 g/mol. The molecule has 192 valence electrons. The second kappa shape index (κ2) is 11.1. The second-order valence-corrected chi connectivity index (χ2v) is 9.42. The smallest absolute Gasteiger partial charge is 0.484 e. The van der Waals surface area contributed by atoms with Crippen LogP contribution in [0.5, 0.6) is 17.2 Å². The molecule has 0 aliphatic carbocycles. The number of para-hydroxylation sites is 3. The minimum absolute atomic E-state index is 0.109. The summed E-state index contributed by atoms with van der Waals surface area (Å²) in [5.41, 5.74) is 0.385. The molecule has 2 aromatic rings. The van der Waals surface area contributed by atoms with E-state index in [-0.39, 0.29) is 17.9 Å². The fourth-order valence-corrected chi connectivity index (χ4v) is 4.76. The molecule has 2 aliphatic rings. The Kier molecular flexibility index (Phi) is 8.09. The average molecular weight is 495 g/mol. The number of hydrogen-bond acceptors (Lipinski definition) is 6. The van der Waals surface area contributed by atoms with Crippen LogP contribution >= 0.6 is 0 Å². The fraction of sp³-hybridized carbons (Fsp3) is 0.538. The van der Waals surface area contributed by atoms with Gasteiger partial charge in [0.1, 0.15) is 12.4 Å². The van der Waals surface area contributed by atoms with Gasteiger partial charge in [0.25, 0.3) is 0 Å². The zero-order chi connectivity index (χ0) is 25.0. The van der Waals surface area contributed by atoms with Crippen molar-refractivity contribution in [2.45, 2.75) is 44.9 Å². The molecule has 35 heavy (non-hydrogen) atoms. The van der Waals surface area contributed by atoms with Crippen molar-refractivity contribution in [2.24, 2.45) is 5.92 Å². The molecule has 9 heteroatoms. The van der Waals surface area contributed by atoms with Gasteiger partial charge in [-0.3, -0.25) is 4.90 Å². The largest absolute Gasteiger partial charge is 0.573 e. The van der Waals surface area contributed by atoms with Gasteiger partial charge in [0.05, 0.1) is 6.10 Å². The molecule has 1 saturated heterocycles. The summed E-state index contributed by atoms with van der Waals surface area (Å²) in [5.74, 6) is 0.674. The quantitative estimate of drug-likeness (QED) is 0.584. The van der Waals surface area contributed by atoms with Gasteiger partial charge in [-0.1, -0.05) is 44.2 Å². The van der Waals surface area contributed by atoms with Crippen LogP contribution in [0.3, 0.4) is 0 Å². The lowest BCUT2D eigenvalue weighted by atomic mass is 9.84. The zero-order valence-electron chi connectivity index (χ0n) is 20.1. The molecule has 2 aliphatic heterocycles. The third-order valence-electron chi connectivity index (χ3n) is 6.70. The van der Waals surface area contributed by atoms with E-state index in [1.54, 1.807) is 12.1 Å². The van der Waals surface area contributed by atoms with Crippen molar-refractivity contribution in [3.63, 3.8) is 0 Å². The van der Waals surface area contributed by atoms with Crippen LogP contribution in [0.2, 0.25) is 0 Å². The first-order valence-corrected chi connectivity index (χ1v) is 12.1. The zero-order valence-corrected chi connectivity index (χ0v) is 20.1. The molecular weight excluding hydrogens is 461 g/mol. The van der Waals surface area contributed by atoms with E-state index in [0.717, 1.165) is 37.7 Å². The number of alkyl halides is 3. The molecule has 2 heterocycles. The average Bonchev–Trinajstić information content (AvgIpc) is 2.84. The maximum absolute atomic E-state index is 13.0. The number of halogens is 3. The van der Waals surface area contributed by atoms with E-state index in [9.17, 15) is 18.3 Å². The Hall–Kier alpha value is -2.49. The lowest BCUT2D eigenvalue weighted by Crippen LogP contribution is -2.54. The molecule has 0 bridgehead atoms. The summed E-state index contributed by atoms with van der Waals surface area (Å²) >= 11 is 0. The van der Waals surface area contributed by atoms with Gasteiger partial charge in [-0.05, 0) is 37.1 Å². The highest BCUT2D eigenvalue weighted by Gasteiger charge is 2.35. The number of hydrogen-bond donors (Lipinski definition) is 1. The molecule has 0 spiro atoms. The van der Waals surface area contributed by atoms with Crippen LogP contribution in [0.15, 0.2) is 48.5 Å². The number of piperazine rings is 1. The van der Waals surface area contributed by atoms with Gasteiger partial charge in [-0.15, -0.1) is 13.2 Å². The van der Waals surface area contributed by atoms with Crippen LogP contribution in [0, 0.1) is 5.92 Å². The van der Waals surface area contributed by atoms with Gasteiger partial charge in [-0.2, -0.15) is 0 Å². The highest BCUT2D eigenvalue weighted by molar-refractivity contribution is 5.40. The standard InChI is InChI=1S/C26H33F3N2O4/c1-18(2)25(32)20(19-7-3-4-8-21(19)35-26(27,28)29)11-12-30-13-15-31(16-14-30)24-17-33-22-9-5-6-10-23(22)34-24/h3-10,18,20,24-25,32H,11-17H2,1-2H3. The van der Waals surface area contributed by atoms with Crippen molar-refractivity contribution in [2.75, 3.05) is 39.3 Å². The summed E-state index contributed by atoms with van der Waals surface area (Å²) in [5, 5.41) is 10.9.